The number of anilines is 1. The van der Waals surface area contributed by atoms with Crippen molar-refractivity contribution >= 4 is 39.3 Å². The van der Waals surface area contributed by atoms with E-state index in [2.05, 4.69) is 25.9 Å². The van der Waals surface area contributed by atoms with Gasteiger partial charge >= 0.3 is 5.97 Å². The number of ether oxygens (including phenoxy) is 1. The molecule has 0 fully saturated rings. The number of pyridine rings is 2. The highest BCUT2D eigenvalue weighted by molar-refractivity contribution is 9.10. The highest BCUT2D eigenvalue weighted by atomic mass is 79.9. The Balaban J connectivity index is 2.36. The predicted octanol–water partition coefficient (Wildman–Crippen LogP) is 3.15. The van der Waals surface area contributed by atoms with E-state index in [4.69, 9.17) is 10.5 Å². The molecule has 104 valence electrons. The van der Waals surface area contributed by atoms with Crippen LogP contribution < -0.4 is 5.73 Å². The maximum absolute atomic E-state index is 11.9. The van der Waals surface area contributed by atoms with E-state index in [0.29, 0.717) is 22.9 Å². The molecule has 0 unspecified atom stereocenters. The molecule has 0 saturated heterocycles. The van der Waals surface area contributed by atoms with Gasteiger partial charge in [0.1, 0.15) is 10.1 Å². The number of hydrogen-bond acceptors (Lipinski definition) is 6. The number of nitrogen functional groups attached to an aromatic ring is 1. The van der Waals surface area contributed by atoms with E-state index in [9.17, 15) is 4.79 Å². The molecule has 0 aromatic carbocycles. The Kier molecular flexibility index (Phi) is 4.97. The number of hydrogen-bond donors (Lipinski definition) is 1. The van der Waals surface area contributed by atoms with Gasteiger partial charge in [-0.3, -0.25) is 0 Å². The van der Waals surface area contributed by atoms with Crippen LogP contribution >= 0.6 is 27.7 Å². The summed E-state index contributed by atoms with van der Waals surface area (Å²) < 4.78 is 5.84. The summed E-state index contributed by atoms with van der Waals surface area (Å²) in [6.45, 7) is 2.05. The predicted molar refractivity (Wildman–Crippen MR) is 80.7 cm³/mol. The van der Waals surface area contributed by atoms with Gasteiger partial charge in [-0.2, -0.15) is 0 Å². The SMILES string of the molecule is CCOC(=O)c1cc(N)cnc1Sc1ncccc1Br. The molecule has 0 aliphatic carbocycles. The standard InChI is InChI=1S/C13H12BrN3O2S/c1-2-19-13(18)9-6-8(15)7-17-11(9)20-12-10(14)4-3-5-16-12/h3-7H,2,15H2,1H3. The highest BCUT2D eigenvalue weighted by Crippen LogP contribution is 2.33. The highest BCUT2D eigenvalue weighted by Gasteiger charge is 2.17. The van der Waals surface area contributed by atoms with E-state index in [1.165, 1.54) is 18.0 Å². The molecule has 0 amide bonds. The number of rotatable bonds is 4. The van der Waals surface area contributed by atoms with Crippen LogP contribution in [0.5, 0.6) is 0 Å². The van der Waals surface area contributed by atoms with Crippen LogP contribution in [-0.2, 0) is 4.74 Å². The van der Waals surface area contributed by atoms with E-state index in [1.54, 1.807) is 19.2 Å². The summed E-state index contributed by atoms with van der Waals surface area (Å²) in [6, 6.07) is 5.25. The second kappa shape index (κ2) is 6.71. The Morgan fingerprint density at radius 3 is 2.95 bits per heavy atom. The van der Waals surface area contributed by atoms with Crippen LogP contribution in [0.4, 0.5) is 5.69 Å². The van der Waals surface area contributed by atoms with Crippen molar-refractivity contribution in [1.29, 1.82) is 0 Å². The van der Waals surface area contributed by atoms with Gasteiger partial charge in [-0.1, -0.05) is 0 Å². The molecular formula is C13H12BrN3O2S. The Labute approximate surface area is 129 Å². The van der Waals surface area contributed by atoms with E-state index in [-0.39, 0.29) is 0 Å². The molecule has 0 spiro atoms. The average molecular weight is 354 g/mol. The molecule has 0 aliphatic rings. The van der Waals surface area contributed by atoms with E-state index < -0.39 is 5.97 Å². The van der Waals surface area contributed by atoms with Gasteiger partial charge < -0.3 is 10.5 Å². The second-order valence-corrected chi connectivity index (χ2v) is 5.57. The van der Waals surface area contributed by atoms with Gasteiger partial charge in [0.2, 0.25) is 0 Å². The van der Waals surface area contributed by atoms with Crippen LogP contribution in [-0.4, -0.2) is 22.5 Å². The second-order valence-electron chi connectivity index (χ2n) is 3.73. The molecule has 0 radical (unpaired) electrons. The fourth-order valence-corrected chi connectivity index (χ4v) is 2.76. The molecule has 0 saturated carbocycles. The summed E-state index contributed by atoms with van der Waals surface area (Å²) in [5.41, 5.74) is 6.44. The number of halogens is 1. The maximum Gasteiger partial charge on any atom is 0.340 e. The normalized spacial score (nSPS) is 10.3. The first-order valence-electron chi connectivity index (χ1n) is 5.82. The lowest BCUT2D eigenvalue weighted by molar-refractivity contribution is 0.0521. The lowest BCUT2D eigenvalue weighted by Crippen LogP contribution is -2.08. The lowest BCUT2D eigenvalue weighted by Gasteiger charge is -2.08. The molecule has 2 aromatic heterocycles. The number of aromatic nitrogens is 2. The zero-order valence-corrected chi connectivity index (χ0v) is 13.1. The van der Waals surface area contributed by atoms with Crippen molar-refractivity contribution in [2.24, 2.45) is 0 Å². The monoisotopic (exact) mass is 353 g/mol. The quantitative estimate of drug-likeness (QED) is 0.850. The summed E-state index contributed by atoms with van der Waals surface area (Å²) in [6.07, 6.45) is 3.18. The van der Waals surface area contributed by atoms with Crippen LogP contribution in [0.3, 0.4) is 0 Å². The van der Waals surface area contributed by atoms with Crippen molar-refractivity contribution in [3.05, 3.63) is 40.6 Å². The van der Waals surface area contributed by atoms with Crippen molar-refractivity contribution in [2.45, 2.75) is 17.0 Å². The molecule has 20 heavy (non-hydrogen) atoms. The molecule has 5 nitrogen and oxygen atoms in total. The fourth-order valence-electron chi connectivity index (χ4n) is 1.44. The zero-order chi connectivity index (χ0) is 14.5. The van der Waals surface area contributed by atoms with Gasteiger partial charge in [-0.15, -0.1) is 0 Å². The van der Waals surface area contributed by atoms with Crippen LogP contribution in [0.15, 0.2) is 45.1 Å². The van der Waals surface area contributed by atoms with E-state index in [1.807, 2.05) is 12.1 Å². The summed E-state index contributed by atoms with van der Waals surface area (Å²) in [5.74, 6) is -0.443. The molecule has 2 heterocycles. The minimum Gasteiger partial charge on any atom is -0.462 e. The first-order chi connectivity index (χ1) is 9.61. The molecule has 7 heteroatoms. The number of nitrogens with two attached hydrogens (primary N) is 1. The zero-order valence-electron chi connectivity index (χ0n) is 10.7. The first-order valence-corrected chi connectivity index (χ1v) is 7.43. The summed E-state index contributed by atoms with van der Waals surface area (Å²) in [4.78, 5) is 20.4. The van der Waals surface area contributed by atoms with Gasteiger partial charge in [-0.05, 0) is 52.8 Å². The first kappa shape index (κ1) is 14.8. The smallest absolute Gasteiger partial charge is 0.340 e. The molecule has 2 aromatic rings. The molecule has 0 aliphatic heterocycles. The summed E-state index contributed by atoms with van der Waals surface area (Å²) in [7, 11) is 0. The van der Waals surface area contributed by atoms with Crippen molar-refractivity contribution in [3.8, 4) is 0 Å². The van der Waals surface area contributed by atoms with Crippen molar-refractivity contribution < 1.29 is 9.53 Å². The molecule has 0 bridgehead atoms. The fraction of sp³-hybridized carbons (Fsp3) is 0.154. The average Bonchev–Trinajstić information content (AvgIpc) is 2.43. The Hall–Kier alpha value is -1.60. The summed E-state index contributed by atoms with van der Waals surface area (Å²) in [5, 5.41) is 1.23. The number of nitrogens with zero attached hydrogens (tertiary/aromatic N) is 2. The number of carbonyl (C=O) groups is 1. The molecular weight excluding hydrogens is 342 g/mol. The van der Waals surface area contributed by atoms with Crippen molar-refractivity contribution in [2.75, 3.05) is 12.3 Å². The Bertz CT molecular complexity index is 637. The van der Waals surface area contributed by atoms with Crippen molar-refractivity contribution in [1.82, 2.24) is 9.97 Å². The van der Waals surface area contributed by atoms with Gasteiger partial charge in [0.25, 0.3) is 0 Å². The third-order valence-electron chi connectivity index (χ3n) is 2.29. The van der Waals surface area contributed by atoms with E-state index >= 15 is 0 Å². The largest absolute Gasteiger partial charge is 0.462 e. The minimum atomic E-state index is -0.443. The molecule has 2 rings (SSSR count). The Morgan fingerprint density at radius 2 is 2.25 bits per heavy atom. The van der Waals surface area contributed by atoms with Crippen LogP contribution in [0.25, 0.3) is 0 Å². The van der Waals surface area contributed by atoms with Crippen LogP contribution in [0.1, 0.15) is 17.3 Å². The van der Waals surface area contributed by atoms with E-state index in [0.717, 1.165) is 9.50 Å². The third-order valence-corrected chi connectivity index (χ3v) is 4.23. The van der Waals surface area contributed by atoms with Crippen LogP contribution in [0.2, 0.25) is 0 Å². The summed E-state index contributed by atoms with van der Waals surface area (Å²) >= 11 is 4.69. The molecule has 2 N–H and O–H groups in total. The molecule has 0 atom stereocenters. The van der Waals surface area contributed by atoms with Gasteiger partial charge in [-0.25, -0.2) is 14.8 Å². The minimum absolute atomic E-state index is 0.297. The van der Waals surface area contributed by atoms with Gasteiger partial charge in [0.05, 0.1) is 28.5 Å². The van der Waals surface area contributed by atoms with Gasteiger partial charge in [0.15, 0.2) is 0 Å². The topological polar surface area (TPSA) is 78.1 Å². The number of esters is 1. The maximum atomic E-state index is 11.9. The van der Waals surface area contributed by atoms with Crippen LogP contribution in [0, 0.1) is 0 Å². The van der Waals surface area contributed by atoms with Crippen molar-refractivity contribution in [3.63, 3.8) is 0 Å². The number of carbonyl (C=O) groups excluding carboxylic acids is 1. The Morgan fingerprint density at radius 1 is 1.45 bits per heavy atom. The third kappa shape index (κ3) is 3.49. The van der Waals surface area contributed by atoms with Gasteiger partial charge in [0, 0.05) is 6.20 Å². The lowest BCUT2D eigenvalue weighted by atomic mass is 10.3.